The van der Waals surface area contributed by atoms with E-state index in [0.29, 0.717) is 0 Å². The number of benzene rings is 2. The zero-order chi connectivity index (χ0) is 14.7. The molecule has 0 radical (unpaired) electrons. The number of hydrogen-bond donors (Lipinski definition) is 0. The van der Waals surface area contributed by atoms with Gasteiger partial charge < -0.3 is 4.74 Å². The molecule has 21 heavy (non-hydrogen) atoms. The summed E-state index contributed by atoms with van der Waals surface area (Å²) in [5, 5.41) is 8.64. The normalized spacial score (nSPS) is 16.1. The summed E-state index contributed by atoms with van der Waals surface area (Å²) in [7, 11) is 0. The Morgan fingerprint density at radius 1 is 1.19 bits per heavy atom. The first-order valence-corrected chi connectivity index (χ1v) is 7.33. The van der Waals surface area contributed by atoms with Crippen LogP contribution in [0.15, 0.2) is 59.5 Å². The van der Waals surface area contributed by atoms with E-state index < -0.39 is 11.5 Å². The molecule has 2 aromatic rings. The van der Waals surface area contributed by atoms with Gasteiger partial charge in [0.2, 0.25) is 0 Å². The zero-order valence-electron chi connectivity index (χ0n) is 11.1. The number of amides is 1. The van der Waals surface area contributed by atoms with Crippen LogP contribution < -0.4 is 4.90 Å². The number of anilines is 1. The summed E-state index contributed by atoms with van der Waals surface area (Å²) >= 11 is 1.36. The summed E-state index contributed by atoms with van der Waals surface area (Å²) in [4.78, 5) is 14.6. The van der Waals surface area contributed by atoms with Gasteiger partial charge in [-0.25, -0.2) is 4.79 Å². The van der Waals surface area contributed by atoms with E-state index in [4.69, 9.17) is 4.74 Å². The van der Waals surface area contributed by atoms with Gasteiger partial charge in [0, 0.05) is 4.90 Å². The number of para-hydroxylation sites is 1. The second-order valence-electron chi connectivity index (χ2n) is 4.48. The highest BCUT2D eigenvalue weighted by atomic mass is 32.2. The van der Waals surface area contributed by atoms with Gasteiger partial charge in [0.25, 0.3) is 0 Å². The summed E-state index contributed by atoms with van der Waals surface area (Å²) in [5.41, 5.74) is 1.65. The van der Waals surface area contributed by atoms with Crippen LogP contribution >= 0.6 is 11.8 Å². The number of ether oxygens (including phenoxy) is 1. The molecule has 1 heterocycles. The van der Waals surface area contributed by atoms with E-state index in [1.807, 2.05) is 54.6 Å². The van der Waals surface area contributed by atoms with E-state index in [0.717, 1.165) is 16.1 Å². The van der Waals surface area contributed by atoms with Crippen molar-refractivity contribution in [1.29, 1.82) is 5.26 Å². The molecule has 0 saturated heterocycles. The van der Waals surface area contributed by atoms with Crippen molar-refractivity contribution in [3.63, 3.8) is 0 Å². The molecule has 0 spiro atoms. The molecule has 1 atom stereocenters. The van der Waals surface area contributed by atoms with Crippen LogP contribution in [0.1, 0.15) is 5.56 Å². The molecule has 1 amide bonds. The fourth-order valence-electron chi connectivity index (χ4n) is 2.12. The van der Waals surface area contributed by atoms with Crippen LogP contribution in [0.5, 0.6) is 0 Å². The van der Waals surface area contributed by atoms with Gasteiger partial charge in [0.05, 0.1) is 11.8 Å². The minimum absolute atomic E-state index is 0.196. The lowest BCUT2D eigenvalue weighted by molar-refractivity contribution is 0.147. The topological polar surface area (TPSA) is 53.3 Å². The van der Waals surface area contributed by atoms with Crippen LogP contribution in [0, 0.1) is 11.3 Å². The minimum Gasteiger partial charge on any atom is -0.444 e. The summed E-state index contributed by atoms with van der Waals surface area (Å²) in [6, 6.07) is 19.1. The molecule has 1 aliphatic heterocycles. The second-order valence-corrected chi connectivity index (χ2v) is 5.60. The quantitative estimate of drug-likeness (QED) is 0.846. The molecule has 0 bridgehead atoms. The molecule has 1 unspecified atom stereocenters. The number of hydrogen-bond acceptors (Lipinski definition) is 4. The Morgan fingerprint density at radius 2 is 1.90 bits per heavy atom. The van der Waals surface area contributed by atoms with E-state index in [-0.39, 0.29) is 6.61 Å². The molecular weight excluding hydrogens is 284 g/mol. The standard InChI is InChI=1S/C16H12N2O2S/c17-10-15-18(13-8-4-5-9-14(13)21-15)16(19)20-11-12-6-2-1-3-7-12/h1-9,15H,11H2. The Bertz CT molecular complexity index is 697. The predicted octanol–water partition coefficient (Wildman–Crippen LogP) is 3.79. The van der Waals surface area contributed by atoms with Crippen LogP contribution in [0.4, 0.5) is 10.5 Å². The molecule has 0 aromatic heterocycles. The zero-order valence-corrected chi connectivity index (χ0v) is 11.9. The highest BCUT2D eigenvalue weighted by molar-refractivity contribution is 8.00. The fraction of sp³-hybridized carbons (Fsp3) is 0.125. The van der Waals surface area contributed by atoms with Gasteiger partial charge in [-0.15, -0.1) is 0 Å². The first kappa shape index (κ1) is 13.5. The minimum atomic E-state index is -0.578. The molecule has 0 N–H and O–H groups in total. The van der Waals surface area contributed by atoms with Crippen LogP contribution in [-0.2, 0) is 11.3 Å². The smallest absolute Gasteiger partial charge is 0.416 e. The fourth-order valence-corrected chi connectivity index (χ4v) is 3.16. The van der Waals surface area contributed by atoms with Crippen molar-refractivity contribution in [2.45, 2.75) is 16.9 Å². The van der Waals surface area contributed by atoms with Gasteiger partial charge >= 0.3 is 6.09 Å². The summed E-state index contributed by atoms with van der Waals surface area (Å²) in [6.45, 7) is 0.196. The molecule has 0 aliphatic carbocycles. The lowest BCUT2D eigenvalue weighted by Crippen LogP contribution is -2.35. The maximum atomic E-state index is 12.3. The average Bonchev–Trinajstić information content (AvgIpc) is 2.92. The molecule has 1 aliphatic rings. The van der Waals surface area contributed by atoms with Gasteiger partial charge in [-0.2, -0.15) is 5.26 Å². The third kappa shape index (κ3) is 2.71. The third-order valence-corrected chi connectivity index (χ3v) is 4.25. The monoisotopic (exact) mass is 296 g/mol. The number of carbonyl (C=O) groups excluding carboxylic acids is 1. The Labute approximate surface area is 126 Å². The molecule has 0 saturated carbocycles. The summed E-state index contributed by atoms with van der Waals surface area (Å²) < 4.78 is 5.32. The molecule has 0 fully saturated rings. The first-order valence-electron chi connectivity index (χ1n) is 6.45. The maximum absolute atomic E-state index is 12.3. The maximum Gasteiger partial charge on any atom is 0.416 e. The Kier molecular flexibility index (Phi) is 3.80. The van der Waals surface area contributed by atoms with Gasteiger partial charge in [-0.05, 0) is 17.7 Å². The van der Waals surface area contributed by atoms with E-state index in [1.165, 1.54) is 16.7 Å². The molecular formula is C16H12N2O2S. The van der Waals surface area contributed by atoms with E-state index in [1.54, 1.807) is 0 Å². The molecule has 3 rings (SSSR count). The van der Waals surface area contributed by atoms with Gasteiger partial charge in [-0.1, -0.05) is 54.2 Å². The van der Waals surface area contributed by atoms with Crippen LogP contribution in [0.2, 0.25) is 0 Å². The summed E-state index contributed by atoms with van der Waals surface area (Å²) in [5.74, 6) is 0. The number of nitriles is 1. The van der Waals surface area contributed by atoms with E-state index >= 15 is 0 Å². The Balaban J connectivity index is 1.76. The van der Waals surface area contributed by atoms with Gasteiger partial charge in [0.1, 0.15) is 6.61 Å². The average molecular weight is 296 g/mol. The SMILES string of the molecule is N#CC1Sc2ccccc2N1C(=O)OCc1ccccc1. The molecule has 5 heteroatoms. The number of thioether (sulfide) groups is 1. The largest absolute Gasteiger partial charge is 0.444 e. The van der Waals surface area contributed by atoms with Crippen molar-refractivity contribution >= 4 is 23.5 Å². The molecule has 104 valence electrons. The van der Waals surface area contributed by atoms with Crippen molar-refractivity contribution < 1.29 is 9.53 Å². The first-order chi connectivity index (χ1) is 10.3. The number of carbonyl (C=O) groups is 1. The van der Waals surface area contributed by atoms with Gasteiger partial charge in [0.15, 0.2) is 5.37 Å². The van der Waals surface area contributed by atoms with Crippen molar-refractivity contribution in [3.05, 3.63) is 60.2 Å². The second kappa shape index (κ2) is 5.90. The predicted molar refractivity (Wildman–Crippen MR) is 80.8 cm³/mol. The number of fused-ring (bicyclic) bond motifs is 1. The third-order valence-electron chi connectivity index (χ3n) is 3.11. The van der Waals surface area contributed by atoms with E-state index in [2.05, 4.69) is 6.07 Å². The van der Waals surface area contributed by atoms with Gasteiger partial charge in [-0.3, -0.25) is 4.90 Å². The number of nitrogens with zero attached hydrogens (tertiary/aromatic N) is 2. The Morgan fingerprint density at radius 3 is 2.67 bits per heavy atom. The molecule has 2 aromatic carbocycles. The highest BCUT2D eigenvalue weighted by Gasteiger charge is 2.35. The van der Waals surface area contributed by atoms with Crippen molar-refractivity contribution in [2.24, 2.45) is 0 Å². The Hall–Kier alpha value is -2.45. The molecule has 4 nitrogen and oxygen atoms in total. The van der Waals surface area contributed by atoms with Crippen molar-refractivity contribution in [3.8, 4) is 6.07 Å². The van der Waals surface area contributed by atoms with Crippen LogP contribution in [0.3, 0.4) is 0 Å². The highest BCUT2D eigenvalue weighted by Crippen LogP contribution is 2.43. The van der Waals surface area contributed by atoms with Crippen LogP contribution in [-0.4, -0.2) is 11.5 Å². The van der Waals surface area contributed by atoms with E-state index in [9.17, 15) is 10.1 Å². The van der Waals surface area contributed by atoms with Crippen molar-refractivity contribution in [2.75, 3.05) is 4.90 Å². The lowest BCUT2D eigenvalue weighted by atomic mass is 10.2. The number of rotatable bonds is 2. The lowest BCUT2D eigenvalue weighted by Gasteiger charge is -2.19. The van der Waals surface area contributed by atoms with Crippen LogP contribution in [0.25, 0.3) is 0 Å². The van der Waals surface area contributed by atoms with Crippen molar-refractivity contribution in [1.82, 2.24) is 0 Å². The summed E-state index contributed by atoms with van der Waals surface area (Å²) in [6.07, 6.45) is -0.497.